The van der Waals surface area contributed by atoms with Gasteiger partial charge in [-0.2, -0.15) is 0 Å². The molecule has 0 saturated carbocycles. The second kappa shape index (κ2) is 5.21. The summed E-state index contributed by atoms with van der Waals surface area (Å²) < 4.78 is 4.76. The van der Waals surface area contributed by atoms with Crippen molar-refractivity contribution < 1.29 is 14.5 Å². The molecule has 0 spiro atoms. The van der Waals surface area contributed by atoms with Gasteiger partial charge >= 0.3 is 5.97 Å². The van der Waals surface area contributed by atoms with Gasteiger partial charge in [0.15, 0.2) is 0 Å². The number of nitrogens with zero attached hydrogens (tertiary/aromatic N) is 3. The zero-order valence-corrected chi connectivity index (χ0v) is 10.8. The van der Waals surface area contributed by atoms with Gasteiger partial charge in [-0.05, 0) is 5.92 Å². The number of aromatic nitrogens is 1. The Labute approximate surface area is 110 Å². The van der Waals surface area contributed by atoms with E-state index in [9.17, 15) is 14.9 Å². The second-order valence-electron chi connectivity index (χ2n) is 4.64. The van der Waals surface area contributed by atoms with Crippen LogP contribution in [-0.2, 0) is 9.53 Å². The lowest BCUT2D eigenvalue weighted by Gasteiger charge is -2.16. The topological polar surface area (TPSA) is 85.6 Å². The number of methoxy groups -OCH3 is 1. The quantitative estimate of drug-likeness (QED) is 0.464. The number of hydrogen-bond donors (Lipinski definition) is 0. The molecule has 102 valence electrons. The summed E-state index contributed by atoms with van der Waals surface area (Å²) in [6.45, 7) is 3.06. The molecule has 1 aromatic heterocycles. The molecular formula is C12H15N3O4. The van der Waals surface area contributed by atoms with Crippen LogP contribution in [0.15, 0.2) is 18.3 Å². The average molecular weight is 265 g/mol. The normalized spacial score (nSPS) is 22.3. The number of anilines is 1. The van der Waals surface area contributed by atoms with E-state index in [0.29, 0.717) is 18.9 Å². The zero-order valence-electron chi connectivity index (χ0n) is 10.8. The summed E-state index contributed by atoms with van der Waals surface area (Å²) in [6.07, 6.45) is 1.41. The highest BCUT2D eigenvalue weighted by molar-refractivity contribution is 5.74. The minimum absolute atomic E-state index is 0.000767. The molecule has 2 unspecified atom stereocenters. The van der Waals surface area contributed by atoms with Crippen LogP contribution in [0.4, 0.5) is 11.5 Å². The summed E-state index contributed by atoms with van der Waals surface area (Å²) in [5.74, 6) is 0.187. The van der Waals surface area contributed by atoms with Crippen molar-refractivity contribution in [1.82, 2.24) is 4.98 Å². The summed E-state index contributed by atoms with van der Waals surface area (Å²) >= 11 is 0. The maximum atomic E-state index is 11.6. The number of nitro groups is 1. The Morgan fingerprint density at radius 2 is 2.32 bits per heavy atom. The van der Waals surface area contributed by atoms with Gasteiger partial charge in [-0.1, -0.05) is 6.92 Å². The molecule has 19 heavy (non-hydrogen) atoms. The molecule has 0 radical (unpaired) electrons. The summed E-state index contributed by atoms with van der Waals surface area (Å²) in [6, 6.07) is 2.77. The monoisotopic (exact) mass is 265 g/mol. The van der Waals surface area contributed by atoms with E-state index in [2.05, 4.69) is 4.98 Å². The molecule has 1 fully saturated rings. The lowest BCUT2D eigenvalue weighted by atomic mass is 9.99. The molecule has 0 N–H and O–H groups in total. The predicted molar refractivity (Wildman–Crippen MR) is 67.8 cm³/mol. The van der Waals surface area contributed by atoms with E-state index in [1.165, 1.54) is 25.4 Å². The smallest absolute Gasteiger partial charge is 0.310 e. The summed E-state index contributed by atoms with van der Waals surface area (Å²) in [5.41, 5.74) is -0.000767. The Bertz CT molecular complexity index is 506. The molecule has 0 aliphatic carbocycles. The van der Waals surface area contributed by atoms with Crippen LogP contribution in [0.1, 0.15) is 6.92 Å². The summed E-state index contributed by atoms with van der Waals surface area (Å²) in [4.78, 5) is 27.9. The third-order valence-corrected chi connectivity index (χ3v) is 3.38. The Hall–Kier alpha value is -2.18. The lowest BCUT2D eigenvalue weighted by Crippen LogP contribution is -2.24. The van der Waals surface area contributed by atoms with E-state index in [4.69, 9.17) is 4.74 Å². The molecule has 0 amide bonds. The highest BCUT2D eigenvalue weighted by atomic mass is 16.6. The number of hydrogen-bond acceptors (Lipinski definition) is 6. The largest absolute Gasteiger partial charge is 0.469 e. The van der Waals surface area contributed by atoms with Crippen molar-refractivity contribution in [3.05, 3.63) is 28.4 Å². The van der Waals surface area contributed by atoms with Gasteiger partial charge in [-0.25, -0.2) is 4.98 Å². The number of carbonyl (C=O) groups is 1. The SMILES string of the molecule is COC(=O)C1CN(c2cc([N+](=O)[O-])ccn2)CC1C. The second-order valence-corrected chi connectivity index (χ2v) is 4.64. The third-order valence-electron chi connectivity index (χ3n) is 3.38. The number of rotatable bonds is 3. The molecule has 0 bridgehead atoms. The lowest BCUT2D eigenvalue weighted by molar-refractivity contribution is -0.384. The van der Waals surface area contributed by atoms with Crippen molar-refractivity contribution in [2.24, 2.45) is 11.8 Å². The fourth-order valence-corrected chi connectivity index (χ4v) is 2.31. The Morgan fingerprint density at radius 1 is 1.58 bits per heavy atom. The van der Waals surface area contributed by atoms with Gasteiger partial charge in [-0.15, -0.1) is 0 Å². The van der Waals surface area contributed by atoms with Crippen molar-refractivity contribution in [3.8, 4) is 0 Å². The van der Waals surface area contributed by atoms with Crippen molar-refractivity contribution in [3.63, 3.8) is 0 Å². The zero-order chi connectivity index (χ0) is 14.0. The fraction of sp³-hybridized carbons (Fsp3) is 0.500. The molecule has 2 atom stereocenters. The molecule has 1 saturated heterocycles. The first-order valence-electron chi connectivity index (χ1n) is 5.96. The van der Waals surface area contributed by atoms with E-state index >= 15 is 0 Å². The molecule has 7 nitrogen and oxygen atoms in total. The molecule has 1 aromatic rings. The van der Waals surface area contributed by atoms with Crippen LogP contribution < -0.4 is 4.90 Å². The van der Waals surface area contributed by atoms with Crippen molar-refractivity contribution in [2.45, 2.75) is 6.92 Å². The number of esters is 1. The number of carbonyl (C=O) groups excluding carboxylic acids is 1. The first kappa shape index (κ1) is 13.3. The van der Waals surface area contributed by atoms with Gasteiger partial charge in [0.25, 0.3) is 5.69 Å². The van der Waals surface area contributed by atoms with Crippen molar-refractivity contribution >= 4 is 17.5 Å². The molecule has 2 rings (SSSR count). The van der Waals surface area contributed by atoms with Gasteiger partial charge in [-0.3, -0.25) is 14.9 Å². The molecule has 7 heteroatoms. The van der Waals surface area contributed by atoms with Crippen LogP contribution in [0.3, 0.4) is 0 Å². The van der Waals surface area contributed by atoms with E-state index in [1.807, 2.05) is 11.8 Å². The van der Waals surface area contributed by atoms with Crippen LogP contribution in [-0.4, -0.2) is 36.1 Å². The van der Waals surface area contributed by atoms with Crippen LogP contribution in [0, 0.1) is 22.0 Å². The molecule has 0 aromatic carbocycles. The molecule has 2 heterocycles. The highest BCUT2D eigenvalue weighted by Gasteiger charge is 2.36. The van der Waals surface area contributed by atoms with Crippen molar-refractivity contribution in [2.75, 3.05) is 25.1 Å². The standard InChI is InChI=1S/C12H15N3O4/c1-8-6-14(7-10(8)12(16)19-2)11-5-9(15(17)18)3-4-13-11/h3-5,8,10H,6-7H2,1-2H3. The molecule has 1 aliphatic heterocycles. The number of pyridine rings is 1. The van der Waals surface area contributed by atoms with E-state index in [0.717, 1.165) is 0 Å². The van der Waals surface area contributed by atoms with Crippen LogP contribution in [0.5, 0.6) is 0 Å². The predicted octanol–water partition coefficient (Wildman–Crippen LogP) is 1.24. The highest BCUT2D eigenvalue weighted by Crippen LogP contribution is 2.29. The third kappa shape index (κ3) is 2.64. The minimum atomic E-state index is -0.456. The van der Waals surface area contributed by atoms with Gasteiger partial charge in [0.05, 0.1) is 24.0 Å². The Kier molecular flexibility index (Phi) is 3.64. The molecule has 1 aliphatic rings. The average Bonchev–Trinajstić information content (AvgIpc) is 2.80. The number of ether oxygens (including phenoxy) is 1. The van der Waals surface area contributed by atoms with Crippen molar-refractivity contribution in [1.29, 1.82) is 0 Å². The van der Waals surface area contributed by atoms with Crippen LogP contribution in [0.2, 0.25) is 0 Å². The fourth-order valence-electron chi connectivity index (χ4n) is 2.31. The molecular weight excluding hydrogens is 250 g/mol. The van der Waals surface area contributed by atoms with E-state index in [-0.39, 0.29) is 23.5 Å². The Morgan fingerprint density at radius 3 is 2.95 bits per heavy atom. The van der Waals surface area contributed by atoms with Gasteiger partial charge in [0, 0.05) is 25.4 Å². The van der Waals surface area contributed by atoms with Gasteiger partial charge < -0.3 is 9.64 Å². The van der Waals surface area contributed by atoms with Crippen LogP contribution in [0.25, 0.3) is 0 Å². The Balaban J connectivity index is 2.18. The first-order valence-corrected chi connectivity index (χ1v) is 5.96. The maximum absolute atomic E-state index is 11.6. The minimum Gasteiger partial charge on any atom is -0.469 e. The maximum Gasteiger partial charge on any atom is 0.310 e. The summed E-state index contributed by atoms with van der Waals surface area (Å²) in [7, 11) is 1.36. The first-order chi connectivity index (χ1) is 9.02. The summed E-state index contributed by atoms with van der Waals surface area (Å²) in [5, 5.41) is 10.7. The van der Waals surface area contributed by atoms with Gasteiger partial charge in [0.2, 0.25) is 0 Å². The van der Waals surface area contributed by atoms with Crippen LogP contribution >= 0.6 is 0 Å². The van der Waals surface area contributed by atoms with Gasteiger partial charge in [0.1, 0.15) is 5.82 Å². The van der Waals surface area contributed by atoms with E-state index in [1.54, 1.807) is 0 Å². The van der Waals surface area contributed by atoms with E-state index < -0.39 is 4.92 Å².